The van der Waals surface area contributed by atoms with E-state index >= 15 is 0 Å². The Morgan fingerprint density at radius 2 is 2.07 bits per heavy atom. The summed E-state index contributed by atoms with van der Waals surface area (Å²) in [6.45, 7) is 10.3. The highest BCUT2D eigenvalue weighted by atomic mass is 16.3. The minimum atomic E-state index is -0.120. The Bertz CT molecular complexity index is 168. The van der Waals surface area contributed by atoms with E-state index in [4.69, 9.17) is 0 Å². The van der Waals surface area contributed by atoms with E-state index in [2.05, 4.69) is 18.7 Å². The standard InChI is InChI=1S/C13H27NO/c1-11(2)9-14-8-4-5-13(10-14)7-6-12(3)15/h11-13,15H,4-10H2,1-3H3. The molecule has 15 heavy (non-hydrogen) atoms. The first kappa shape index (κ1) is 13.0. The minimum Gasteiger partial charge on any atom is -0.393 e. The molecule has 2 heteroatoms. The topological polar surface area (TPSA) is 23.5 Å². The molecule has 0 radical (unpaired) electrons. The first-order valence-corrected chi connectivity index (χ1v) is 6.48. The van der Waals surface area contributed by atoms with E-state index in [9.17, 15) is 5.11 Å². The van der Waals surface area contributed by atoms with Crippen LogP contribution in [0.15, 0.2) is 0 Å². The van der Waals surface area contributed by atoms with Crippen LogP contribution in [0.5, 0.6) is 0 Å². The molecule has 1 heterocycles. The van der Waals surface area contributed by atoms with Crippen LogP contribution in [0.4, 0.5) is 0 Å². The van der Waals surface area contributed by atoms with Gasteiger partial charge < -0.3 is 10.0 Å². The van der Waals surface area contributed by atoms with Crippen LogP contribution >= 0.6 is 0 Å². The van der Waals surface area contributed by atoms with Crippen molar-refractivity contribution in [2.24, 2.45) is 11.8 Å². The van der Waals surface area contributed by atoms with Crippen molar-refractivity contribution in [2.75, 3.05) is 19.6 Å². The summed E-state index contributed by atoms with van der Waals surface area (Å²) in [6.07, 6.45) is 4.76. The Kier molecular flexibility index (Phi) is 5.62. The van der Waals surface area contributed by atoms with E-state index < -0.39 is 0 Å². The molecular formula is C13H27NO. The lowest BCUT2D eigenvalue weighted by Gasteiger charge is -2.34. The molecule has 1 N–H and O–H groups in total. The first-order chi connectivity index (χ1) is 7.08. The summed E-state index contributed by atoms with van der Waals surface area (Å²) in [5.41, 5.74) is 0. The molecule has 0 aromatic heterocycles. The maximum Gasteiger partial charge on any atom is 0.0512 e. The molecule has 1 rings (SSSR count). The predicted octanol–water partition coefficient (Wildman–Crippen LogP) is 2.52. The number of likely N-dealkylation sites (tertiary alicyclic amines) is 1. The van der Waals surface area contributed by atoms with E-state index in [-0.39, 0.29) is 6.10 Å². The molecule has 1 saturated heterocycles. The van der Waals surface area contributed by atoms with Gasteiger partial charge in [-0.05, 0) is 51.0 Å². The van der Waals surface area contributed by atoms with Crippen molar-refractivity contribution in [1.82, 2.24) is 4.90 Å². The van der Waals surface area contributed by atoms with Crippen LogP contribution in [0, 0.1) is 11.8 Å². The maximum absolute atomic E-state index is 9.28. The summed E-state index contributed by atoms with van der Waals surface area (Å²) in [5, 5.41) is 9.28. The SMILES string of the molecule is CC(C)CN1CCCC(CCC(C)O)C1. The number of aliphatic hydroxyl groups excluding tert-OH is 1. The molecule has 90 valence electrons. The highest BCUT2D eigenvalue weighted by Gasteiger charge is 2.20. The average Bonchev–Trinajstić information content (AvgIpc) is 2.14. The highest BCUT2D eigenvalue weighted by Crippen LogP contribution is 2.22. The van der Waals surface area contributed by atoms with E-state index in [0.717, 1.165) is 18.3 Å². The van der Waals surface area contributed by atoms with Gasteiger partial charge in [-0.3, -0.25) is 0 Å². The van der Waals surface area contributed by atoms with Gasteiger partial charge in [-0.25, -0.2) is 0 Å². The molecule has 0 saturated carbocycles. The van der Waals surface area contributed by atoms with Crippen molar-refractivity contribution in [3.63, 3.8) is 0 Å². The molecular weight excluding hydrogens is 186 g/mol. The third kappa shape index (κ3) is 5.53. The van der Waals surface area contributed by atoms with Crippen LogP contribution in [0.3, 0.4) is 0 Å². The summed E-state index contributed by atoms with van der Waals surface area (Å²) in [6, 6.07) is 0. The number of nitrogens with zero attached hydrogens (tertiary/aromatic N) is 1. The summed E-state index contributed by atoms with van der Waals surface area (Å²) < 4.78 is 0. The Morgan fingerprint density at radius 1 is 1.33 bits per heavy atom. The molecule has 0 aromatic carbocycles. The molecule has 0 bridgehead atoms. The lowest BCUT2D eigenvalue weighted by atomic mass is 9.92. The predicted molar refractivity (Wildman–Crippen MR) is 64.9 cm³/mol. The molecule has 1 aliphatic rings. The van der Waals surface area contributed by atoms with Gasteiger partial charge in [-0.2, -0.15) is 0 Å². The number of aliphatic hydroxyl groups is 1. The van der Waals surface area contributed by atoms with Crippen LogP contribution in [-0.4, -0.2) is 35.7 Å². The van der Waals surface area contributed by atoms with Crippen molar-refractivity contribution in [3.8, 4) is 0 Å². The molecule has 0 amide bonds. The van der Waals surface area contributed by atoms with Crippen LogP contribution in [-0.2, 0) is 0 Å². The van der Waals surface area contributed by atoms with Gasteiger partial charge in [0.2, 0.25) is 0 Å². The molecule has 0 aromatic rings. The maximum atomic E-state index is 9.28. The molecule has 2 unspecified atom stereocenters. The summed E-state index contributed by atoms with van der Waals surface area (Å²) in [7, 11) is 0. The Morgan fingerprint density at radius 3 is 2.67 bits per heavy atom. The largest absolute Gasteiger partial charge is 0.393 e. The molecule has 0 aliphatic carbocycles. The van der Waals surface area contributed by atoms with Gasteiger partial charge in [0.1, 0.15) is 0 Å². The molecule has 1 aliphatic heterocycles. The van der Waals surface area contributed by atoms with Crippen LogP contribution < -0.4 is 0 Å². The first-order valence-electron chi connectivity index (χ1n) is 6.48. The fraction of sp³-hybridized carbons (Fsp3) is 1.00. The third-order valence-corrected chi connectivity index (χ3v) is 3.22. The Balaban J connectivity index is 2.23. The zero-order chi connectivity index (χ0) is 11.3. The molecule has 1 fully saturated rings. The normalized spacial score (nSPS) is 25.8. The van der Waals surface area contributed by atoms with Gasteiger partial charge in [-0.1, -0.05) is 13.8 Å². The fourth-order valence-corrected chi connectivity index (χ4v) is 2.55. The molecule has 2 atom stereocenters. The Labute approximate surface area is 94.7 Å². The molecule has 0 spiro atoms. The van der Waals surface area contributed by atoms with Crippen molar-refractivity contribution in [2.45, 2.75) is 52.6 Å². The monoisotopic (exact) mass is 213 g/mol. The van der Waals surface area contributed by atoms with Gasteiger partial charge in [0, 0.05) is 13.1 Å². The van der Waals surface area contributed by atoms with Crippen molar-refractivity contribution >= 4 is 0 Å². The van der Waals surface area contributed by atoms with E-state index in [1.165, 1.54) is 38.9 Å². The molecule has 2 nitrogen and oxygen atoms in total. The second-order valence-corrected chi connectivity index (χ2v) is 5.59. The summed E-state index contributed by atoms with van der Waals surface area (Å²) >= 11 is 0. The lowest BCUT2D eigenvalue weighted by Crippen LogP contribution is -2.37. The third-order valence-electron chi connectivity index (χ3n) is 3.22. The van der Waals surface area contributed by atoms with Gasteiger partial charge >= 0.3 is 0 Å². The zero-order valence-electron chi connectivity index (χ0n) is 10.6. The number of rotatable bonds is 5. The average molecular weight is 213 g/mol. The summed E-state index contributed by atoms with van der Waals surface area (Å²) in [5.74, 6) is 1.60. The van der Waals surface area contributed by atoms with Crippen LogP contribution in [0.25, 0.3) is 0 Å². The smallest absolute Gasteiger partial charge is 0.0512 e. The number of hydrogen-bond acceptors (Lipinski definition) is 2. The summed E-state index contributed by atoms with van der Waals surface area (Å²) in [4.78, 5) is 2.60. The minimum absolute atomic E-state index is 0.120. The van der Waals surface area contributed by atoms with Crippen molar-refractivity contribution < 1.29 is 5.11 Å². The second kappa shape index (κ2) is 6.49. The van der Waals surface area contributed by atoms with Crippen LogP contribution in [0.2, 0.25) is 0 Å². The second-order valence-electron chi connectivity index (χ2n) is 5.59. The van der Waals surface area contributed by atoms with Crippen molar-refractivity contribution in [1.29, 1.82) is 0 Å². The van der Waals surface area contributed by atoms with E-state index in [1.807, 2.05) is 6.92 Å². The van der Waals surface area contributed by atoms with Gasteiger partial charge in [-0.15, -0.1) is 0 Å². The fourth-order valence-electron chi connectivity index (χ4n) is 2.55. The van der Waals surface area contributed by atoms with Gasteiger partial charge in [0.05, 0.1) is 6.10 Å². The zero-order valence-corrected chi connectivity index (χ0v) is 10.6. The van der Waals surface area contributed by atoms with E-state index in [1.54, 1.807) is 0 Å². The van der Waals surface area contributed by atoms with Crippen molar-refractivity contribution in [3.05, 3.63) is 0 Å². The van der Waals surface area contributed by atoms with Crippen LogP contribution in [0.1, 0.15) is 46.5 Å². The number of hydrogen-bond donors (Lipinski definition) is 1. The quantitative estimate of drug-likeness (QED) is 0.758. The van der Waals surface area contributed by atoms with Gasteiger partial charge in [0.25, 0.3) is 0 Å². The van der Waals surface area contributed by atoms with E-state index in [0.29, 0.717) is 0 Å². The Hall–Kier alpha value is -0.0800. The lowest BCUT2D eigenvalue weighted by molar-refractivity contribution is 0.129. The number of piperidine rings is 1. The highest BCUT2D eigenvalue weighted by molar-refractivity contribution is 4.74. The van der Waals surface area contributed by atoms with Gasteiger partial charge in [0.15, 0.2) is 0 Å².